The van der Waals surface area contributed by atoms with Crippen molar-refractivity contribution in [2.75, 3.05) is 0 Å². The van der Waals surface area contributed by atoms with Gasteiger partial charge in [0.15, 0.2) is 0 Å². The van der Waals surface area contributed by atoms with Crippen LogP contribution in [-0.2, 0) is 11.3 Å². The summed E-state index contributed by atoms with van der Waals surface area (Å²) in [6.07, 6.45) is 6.32. The van der Waals surface area contributed by atoms with Crippen molar-refractivity contribution in [2.24, 2.45) is 4.99 Å². The van der Waals surface area contributed by atoms with E-state index < -0.39 is 0 Å². The Hall–Kier alpha value is -2.07. The molecule has 2 fully saturated rings. The number of thiocarbonyl (C=S) groups is 1. The molecule has 0 aliphatic heterocycles. The Balaban J connectivity index is 1.44. The number of nitrogens with zero attached hydrogens (tertiary/aromatic N) is 2. The second-order valence-corrected chi connectivity index (χ2v) is 7.07. The zero-order valence-electron chi connectivity index (χ0n) is 13.9. The molecule has 2 aliphatic rings. The maximum atomic E-state index is 12.6. The van der Waals surface area contributed by atoms with Crippen LogP contribution in [0.15, 0.2) is 52.4 Å². The van der Waals surface area contributed by atoms with E-state index in [4.69, 9.17) is 4.74 Å². The molecule has 0 saturated heterocycles. The average Bonchev–Trinajstić information content (AvgIpc) is 3.42. The van der Waals surface area contributed by atoms with Gasteiger partial charge in [0.1, 0.15) is 5.69 Å². The number of ether oxygens (including phenoxy) is 1. The van der Waals surface area contributed by atoms with Crippen LogP contribution in [0, 0.1) is 0 Å². The second kappa shape index (κ2) is 7.04. The first-order valence-electron chi connectivity index (χ1n) is 8.74. The summed E-state index contributed by atoms with van der Waals surface area (Å²) in [6.45, 7) is 0.621. The fourth-order valence-corrected chi connectivity index (χ4v) is 3.44. The van der Waals surface area contributed by atoms with Crippen LogP contribution in [0.1, 0.15) is 48.8 Å². The predicted molar refractivity (Wildman–Crippen MR) is 101 cm³/mol. The van der Waals surface area contributed by atoms with E-state index in [1.165, 1.54) is 24.0 Å². The van der Waals surface area contributed by atoms with Gasteiger partial charge in [-0.2, -0.15) is 4.99 Å². The van der Waals surface area contributed by atoms with Gasteiger partial charge in [-0.05, 0) is 61.0 Å². The maximum Gasteiger partial charge on any atom is 0.277 e. The summed E-state index contributed by atoms with van der Waals surface area (Å²) in [5, 5.41) is 2.33. The summed E-state index contributed by atoms with van der Waals surface area (Å²) < 4.78 is 7.79. The van der Waals surface area contributed by atoms with Gasteiger partial charge in [-0.3, -0.25) is 4.79 Å². The molecule has 2 aliphatic carbocycles. The highest BCUT2D eigenvalue weighted by molar-refractivity contribution is 7.78. The topological polar surface area (TPSA) is 43.6 Å². The van der Waals surface area contributed by atoms with Crippen LogP contribution < -0.4 is 5.56 Å². The van der Waals surface area contributed by atoms with E-state index in [1.807, 2.05) is 35.0 Å². The Morgan fingerprint density at radius 2 is 2.00 bits per heavy atom. The summed E-state index contributed by atoms with van der Waals surface area (Å²) in [5.41, 5.74) is 2.70. The van der Waals surface area contributed by atoms with E-state index >= 15 is 0 Å². The van der Waals surface area contributed by atoms with Gasteiger partial charge in [-0.15, -0.1) is 0 Å². The number of isothiocyanates is 1. The SMILES string of the molecule is O=c1c(N=C=S)cc(C2CC2)cn1C1CC(OCc2ccccc2)C1. The number of pyridine rings is 1. The van der Waals surface area contributed by atoms with Crippen molar-refractivity contribution < 1.29 is 4.74 Å². The zero-order chi connectivity index (χ0) is 17.2. The molecule has 0 radical (unpaired) electrons. The number of benzene rings is 1. The molecule has 4 rings (SSSR count). The van der Waals surface area contributed by atoms with Crippen LogP contribution >= 0.6 is 12.2 Å². The third-order valence-electron chi connectivity index (χ3n) is 5.05. The van der Waals surface area contributed by atoms with Crippen LogP contribution in [0.4, 0.5) is 5.69 Å². The Morgan fingerprint density at radius 3 is 2.68 bits per heavy atom. The van der Waals surface area contributed by atoms with E-state index in [9.17, 15) is 4.79 Å². The smallest absolute Gasteiger partial charge is 0.277 e. The minimum absolute atomic E-state index is 0.0757. The number of aliphatic imine (C=N–C) groups is 1. The van der Waals surface area contributed by atoms with Gasteiger partial charge in [0.2, 0.25) is 0 Å². The molecule has 4 nitrogen and oxygen atoms in total. The minimum Gasteiger partial charge on any atom is -0.373 e. The first-order chi connectivity index (χ1) is 12.2. The molecular weight excluding hydrogens is 332 g/mol. The molecule has 2 aromatic rings. The van der Waals surface area contributed by atoms with Crippen molar-refractivity contribution in [1.29, 1.82) is 0 Å². The molecule has 0 atom stereocenters. The Labute approximate surface area is 152 Å². The fourth-order valence-electron chi connectivity index (χ4n) is 3.34. The lowest BCUT2D eigenvalue weighted by Crippen LogP contribution is -2.38. The lowest BCUT2D eigenvalue weighted by atomic mass is 9.88. The van der Waals surface area contributed by atoms with E-state index in [1.54, 1.807) is 0 Å². The van der Waals surface area contributed by atoms with Gasteiger partial charge in [-0.1, -0.05) is 30.3 Å². The molecule has 25 heavy (non-hydrogen) atoms. The van der Waals surface area contributed by atoms with Crippen molar-refractivity contribution in [3.8, 4) is 0 Å². The quantitative estimate of drug-likeness (QED) is 0.572. The molecular formula is C20H20N2O2S. The van der Waals surface area contributed by atoms with E-state index in [0.717, 1.165) is 12.8 Å². The van der Waals surface area contributed by atoms with E-state index in [0.29, 0.717) is 18.2 Å². The lowest BCUT2D eigenvalue weighted by molar-refractivity contribution is -0.0364. The molecule has 5 heteroatoms. The third-order valence-corrected chi connectivity index (χ3v) is 5.14. The summed E-state index contributed by atoms with van der Waals surface area (Å²) in [5.74, 6) is 0.566. The van der Waals surface area contributed by atoms with Crippen molar-refractivity contribution in [3.05, 3.63) is 64.1 Å². The van der Waals surface area contributed by atoms with E-state index in [-0.39, 0.29) is 17.7 Å². The van der Waals surface area contributed by atoms with Gasteiger partial charge >= 0.3 is 0 Å². The molecule has 0 amide bonds. The van der Waals surface area contributed by atoms with Crippen LogP contribution in [0.2, 0.25) is 0 Å². The van der Waals surface area contributed by atoms with Crippen LogP contribution in [0.5, 0.6) is 0 Å². The number of hydrogen-bond donors (Lipinski definition) is 0. The van der Waals surface area contributed by atoms with Gasteiger partial charge in [0, 0.05) is 12.2 Å². The lowest BCUT2D eigenvalue weighted by Gasteiger charge is -2.36. The molecule has 1 heterocycles. The molecule has 1 aromatic heterocycles. The maximum absolute atomic E-state index is 12.6. The summed E-state index contributed by atoms with van der Waals surface area (Å²) >= 11 is 4.68. The van der Waals surface area contributed by atoms with Crippen molar-refractivity contribution in [1.82, 2.24) is 4.57 Å². The molecule has 0 N–H and O–H groups in total. The highest BCUT2D eigenvalue weighted by atomic mass is 32.1. The van der Waals surface area contributed by atoms with Gasteiger partial charge in [0.05, 0.1) is 17.9 Å². The largest absolute Gasteiger partial charge is 0.373 e. The van der Waals surface area contributed by atoms with Gasteiger partial charge in [-0.25, -0.2) is 0 Å². The normalized spacial score (nSPS) is 22.1. The van der Waals surface area contributed by atoms with Crippen LogP contribution in [-0.4, -0.2) is 15.8 Å². The predicted octanol–water partition coefficient (Wildman–Crippen LogP) is 4.38. The Morgan fingerprint density at radius 1 is 1.24 bits per heavy atom. The molecule has 2 saturated carbocycles. The summed E-state index contributed by atoms with van der Waals surface area (Å²) in [7, 11) is 0. The number of rotatable bonds is 6. The average molecular weight is 352 g/mol. The zero-order valence-corrected chi connectivity index (χ0v) is 14.7. The standard InChI is InChI=1S/C20H20N2O2S/c23-20-19(21-13-25)8-16(15-6-7-15)11-22(20)17-9-18(10-17)24-12-14-4-2-1-3-5-14/h1-5,8,11,15,17-18H,6-7,9-10,12H2. The first-order valence-corrected chi connectivity index (χ1v) is 9.15. The van der Waals surface area contributed by atoms with Crippen molar-refractivity contribution >= 4 is 23.1 Å². The number of hydrogen-bond acceptors (Lipinski definition) is 4. The second-order valence-electron chi connectivity index (χ2n) is 6.89. The van der Waals surface area contributed by atoms with Crippen molar-refractivity contribution in [2.45, 2.75) is 50.4 Å². The molecule has 0 unspecified atom stereocenters. The highest BCUT2D eigenvalue weighted by Gasteiger charge is 2.33. The minimum atomic E-state index is -0.0757. The first kappa shape index (κ1) is 16.4. The monoisotopic (exact) mass is 352 g/mol. The Kier molecular flexibility index (Phi) is 4.62. The number of aromatic nitrogens is 1. The molecule has 128 valence electrons. The Bertz CT molecular complexity index is 861. The van der Waals surface area contributed by atoms with Gasteiger partial charge in [0.25, 0.3) is 5.56 Å². The molecule has 0 spiro atoms. The molecule has 0 bridgehead atoms. The molecule has 1 aromatic carbocycles. The third kappa shape index (κ3) is 3.64. The van der Waals surface area contributed by atoms with E-state index in [2.05, 4.69) is 34.5 Å². The fraction of sp³-hybridized carbons (Fsp3) is 0.400. The van der Waals surface area contributed by atoms with Crippen LogP contribution in [0.3, 0.4) is 0 Å². The highest BCUT2D eigenvalue weighted by Crippen LogP contribution is 2.42. The summed E-state index contributed by atoms with van der Waals surface area (Å²) in [4.78, 5) is 16.6. The summed E-state index contributed by atoms with van der Waals surface area (Å²) in [6, 6.07) is 12.2. The van der Waals surface area contributed by atoms with Crippen molar-refractivity contribution in [3.63, 3.8) is 0 Å². The van der Waals surface area contributed by atoms with Gasteiger partial charge < -0.3 is 9.30 Å². The van der Waals surface area contributed by atoms with Crippen LogP contribution in [0.25, 0.3) is 0 Å².